The first-order chi connectivity index (χ1) is 9.88. The van der Waals surface area contributed by atoms with Crippen LogP contribution in [0, 0.1) is 17.0 Å². The molecule has 0 aliphatic heterocycles. The molecule has 0 heterocycles. The molecule has 0 saturated carbocycles. The lowest BCUT2D eigenvalue weighted by Gasteiger charge is -2.09. The Hall–Kier alpha value is -2.60. The molecule has 2 aromatic rings. The second kappa shape index (κ2) is 5.80. The molecule has 2 aromatic carbocycles. The second-order valence-electron chi connectivity index (χ2n) is 4.47. The average molecular weight is 306 g/mol. The van der Waals surface area contributed by atoms with Crippen LogP contribution >= 0.6 is 11.6 Å². The van der Waals surface area contributed by atoms with E-state index in [1.54, 1.807) is 18.2 Å². The number of nitro groups is 1. The van der Waals surface area contributed by atoms with Gasteiger partial charge in [-0.15, -0.1) is 0 Å². The summed E-state index contributed by atoms with van der Waals surface area (Å²) >= 11 is 5.99. The molecule has 0 aliphatic carbocycles. The normalized spacial score (nSPS) is 10.2. The number of carbonyl (C=O) groups is 1. The number of nitrogens with zero attached hydrogens (tertiary/aromatic N) is 1. The molecule has 108 valence electrons. The second-order valence-corrected chi connectivity index (χ2v) is 4.88. The zero-order valence-electron chi connectivity index (χ0n) is 11.1. The van der Waals surface area contributed by atoms with Gasteiger partial charge in [0.15, 0.2) is 0 Å². The molecule has 3 N–H and O–H groups in total. The SMILES string of the molecule is Cc1ccc(Cl)c(NC(=O)c2cc(N)ccc2[N+](=O)[O-])c1. The molecule has 0 unspecified atom stereocenters. The molecule has 21 heavy (non-hydrogen) atoms. The fraction of sp³-hybridized carbons (Fsp3) is 0.0714. The van der Waals surface area contributed by atoms with Crippen molar-refractivity contribution in [1.82, 2.24) is 0 Å². The van der Waals surface area contributed by atoms with Crippen LogP contribution in [0.3, 0.4) is 0 Å². The Balaban J connectivity index is 2.39. The molecular formula is C14H12ClN3O3. The van der Waals surface area contributed by atoms with Crippen LogP contribution in [0.15, 0.2) is 36.4 Å². The largest absolute Gasteiger partial charge is 0.399 e. The van der Waals surface area contributed by atoms with Crippen LogP contribution in [0.2, 0.25) is 5.02 Å². The highest BCUT2D eigenvalue weighted by Crippen LogP contribution is 2.26. The average Bonchev–Trinajstić information content (AvgIpc) is 2.42. The molecular weight excluding hydrogens is 294 g/mol. The van der Waals surface area contributed by atoms with Gasteiger partial charge in [0.2, 0.25) is 0 Å². The Morgan fingerprint density at radius 2 is 2.00 bits per heavy atom. The van der Waals surface area contributed by atoms with Gasteiger partial charge in [0.25, 0.3) is 11.6 Å². The number of amides is 1. The van der Waals surface area contributed by atoms with Crippen LogP contribution in [-0.2, 0) is 0 Å². The van der Waals surface area contributed by atoms with Gasteiger partial charge in [0.05, 0.1) is 15.6 Å². The first-order valence-corrected chi connectivity index (χ1v) is 6.37. The summed E-state index contributed by atoms with van der Waals surface area (Å²) in [6.07, 6.45) is 0. The molecule has 1 amide bonds. The topological polar surface area (TPSA) is 98.3 Å². The van der Waals surface area contributed by atoms with Gasteiger partial charge in [0.1, 0.15) is 5.56 Å². The number of rotatable bonds is 3. The molecule has 0 aliphatic rings. The Bertz CT molecular complexity index is 731. The summed E-state index contributed by atoms with van der Waals surface area (Å²) in [4.78, 5) is 22.6. The van der Waals surface area contributed by atoms with Crippen molar-refractivity contribution in [2.75, 3.05) is 11.1 Å². The molecule has 0 atom stereocenters. The number of hydrogen-bond acceptors (Lipinski definition) is 4. The summed E-state index contributed by atoms with van der Waals surface area (Å²) in [5.74, 6) is -0.638. The molecule has 0 fully saturated rings. The van der Waals surface area contributed by atoms with Crippen LogP contribution in [0.5, 0.6) is 0 Å². The fourth-order valence-electron chi connectivity index (χ4n) is 1.82. The predicted molar refractivity (Wildman–Crippen MR) is 81.7 cm³/mol. The van der Waals surface area contributed by atoms with Gasteiger partial charge in [-0.05, 0) is 36.8 Å². The molecule has 0 bridgehead atoms. The number of nitrogens with two attached hydrogens (primary N) is 1. The smallest absolute Gasteiger partial charge is 0.282 e. The maximum absolute atomic E-state index is 12.2. The fourth-order valence-corrected chi connectivity index (χ4v) is 1.98. The van der Waals surface area contributed by atoms with Gasteiger partial charge in [0, 0.05) is 11.8 Å². The minimum atomic E-state index is -0.638. The maximum atomic E-state index is 12.2. The minimum Gasteiger partial charge on any atom is -0.399 e. The highest BCUT2D eigenvalue weighted by molar-refractivity contribution is 6.34. The van der Waals surface area contributed by atoms with Gasteiger partial charge in [-0.2, -0.15) is 0 Å². The Kier molecular flexibility index (Phi) is 4.09. The van der Waals surface area contributed by atoms with E-state index in [-0.39, 0.29) is 16.9 Å². The molecule has 2 rings (SSSR count). The van der Waals surface area contributed by atoms with E-state index >= 15 is 0 Å². The lowest BCUT2D eigenvalue weighted by molar-refractivity contribution is -0.385. The predicted octanol–water partition coefficient (Wildman–Crippen LogP) is 3.39. The third-order valence-corrected chi connectivity index (χ3v) is 3.16. The van der Waals surface area contributed by atoms with Crippen molar-refractivity contribution in [3.05, 3.63) is 62.7 Å². The summed E-state index contributed by atoms with van der Waals surface area (Å²) in [7, 11) is 0. The van der Waals surface area contributed by atoms with E-state index in [0.717, 1.165) is 5.56 Å². The number of nitro benzene ring substituents is 1. The molecule has 6 nitrogen and oxygen atoms in total. The number of anilines is 2. The van der Waals surface area contributed by atoms with Crippen molar-refractivity contribution < 1.29 is 9.72 Å². The van der Waals surface area contributed by atoms with E-state index in [1.165, 1.54) is 18.2 Å². The van der Waals surface area contributed by atoms with E-state index < -0.39 is 10.8 Å². The highest BCUT2D eigenvalue weighted by atomic mass is 35.5. The summed E-state index contributed by atoms with van der Waals surface area (Å²) in [5, 5.41) is 13.9. The van der Waals surface area contributed by atoms with Crippen molar-refractivity contribution >= 4 is 34.6 Å². The number of aryl methyl sites for hydroxylation is 1. The van der Waals surface area contributed by atoms with E-state index in [2.05, 4.69) is 5.32 Å². The van der Waals surface area contributed by atoms with Gasteiger partial charge < -0.3 is 11.1 Å². The van der Waals surface area contributed by atoms with Gasteiger partial charge in [-0.1, -0.05) is 17.7 Å². The molecule has 7 heteroatoms. The van der Waals surface area contributed by atoms with Crippen LogP contribution in [0.4, 0.5) is 17.1 Å². The summed E-state index contributed by atoms with van der Waals surface area (Å²) in [6.45, 7) is 1.84. The first-order valence-electron chi connectivity index (χ1n) is 6.00. The van der Waals surface area contributed by atoms with Crippen LogP contribution in [0.25, 0.3) is 0 Å². The van der Waals surface area contributed by atoms with Crippen molar-refractivity contribution in [1.29, 1.82) is 0 Å². The number of benzene rings is 2. The highest BCUT2D eigenvalue weighted by Gasteiger charge is 2.21. The molecule has 0 radical (unpaired) electrons. The van der Waals surface area contributed by atoms with Crippen LogP contribution in [-0.4, -0.2) is 10.8 Å². The number of nitrogens with one attached hydrogen (secondary N) is 1. The third-order valence-electron chi connectivity index (χ3n) is 2.83. The maximum Gasteiger partial charge on any atom is 0.282 e. The van der Waals surface area contributed by atoms with E-state index in [1.807, 2.05) is 6.92 Å². The van der Waals surface area contributed by atoms with E-state index in [4.69, 9.17) is 17.3 Å². The quantitative estimate of drug-likeness (QED) is 0.516. The zero-order chi connectivity index (χ0) is 15.6. The van der Waals surface area contributed by atoms with Crippen LogP contribution < -0.4 is 11.1 Å². The summed E-state index contributed by atoms with van der Waals surface area (Å²) in [5.41, 5.74) is 6.71. The van der Waals surface area contributed by atoms with E-state index in [0.29, 0.717) is 10.7 Å². The van der Waals surface area contributed by atoms with Crippen molar-refractivity contribution in [2.24, 2.45) is 0 Å². The number of halogens is 1. The van der Waals surface area contributed by atoms with Crippen molar-refractivity contribution in [3.63, 3.8) is 0 Å². The monoisotopic (exact) mass is 305 g/mol. The van der Waals surface area contributed by atoms with Crippen molar-refractivity contribution in [2.45, 2.75) is 6.92 Å². The van der Waals surface area contributed by atoms with Gasteiger partial charge >= 0.3 is 0 Å². The lowest BCUT2D eigenvalue weighted by Crippen LogP contribution is -2.14. The minimum absolute atomic E-state index is 0.113. The standard InChI is InChI=1S/C14H12ClN3O3/c1-8-2-4-11(15)12(6-8)17-14(19)10-7-9(16)3-5-13(10)18(20)21/h2-7H,16H2,1H3,(H,17,19). The Morgan fingerprint density at radius 1 is 1.29 bits per heavy atom. The molecule has 0 saturated heterocycles. The number of carbonyl (C=O) groups excluding carboxylic acids is 1. The number of nitrogen functional groups attached to an aromatic ring is 1. The molecule has 0 aromatic heterocycles. The van der Waals surface area contributed by atoms with E-state index in [9.17, 15) is 14.9 Å². The van der Waals surface area contributed by atoms with Gasteiger partial charge in [-0.3, -0.25) is 14.9 Å². The van der Waals surface area contributed by atoms with Crippen molar-refractivity contribution in [3.8, 4) is 0 Å². The Labute approximate surface area is 125 Å². The summed E-state index contributed by atoms with van der Waals surface area (Å²) < 4.78 is 0. The zero-order valence-corrected chi connectivity index (χ0v) is 11.8. The Morgan fingerprint density at radius 3 is 2.67 bits per heavy atom. The number of hydrogen-bond donors (Lipinski definition) is 2. The van der Waals surface area contributed by atoms with Gasteiger partial charge in [-0.25, -0.2) is 0 Å². The third kappa shape index (κ3) is 3.29. The molecule has 0 spiro atoms. The first kappa shape index (κ1) is 14.8. The van der Waals surface area contributed by atoms with Crippen LogP contribution in [0.1, 0.15) is 15.9 Å². The summed E-state index contributed by atoms with van der Waals surface area (Å²) in [6, 6.07) is 8.94. The lowest BCUT2D eigenvalue weighted by atomic mass is 10.1.